The first-order valence-corrected chi connectivity index (χ1v) is 9.11. The highest BCUT2D eigenvalue weighted by Gasteiger charge is 2.30. The average Bonchev–Trinajstić information content (AvgIpc) is 2.51. The summed E-state index contributed by atoms with van der Waals surface area (Å²) >= 11 is 0. The van der Waals surface area contributed by atoms with Gasteiger partial charge in [-0.25, -0.2) is 9.97 Å². The van der Waals surface area contributed by atoms with Crippen molar-refractivity contribution >= 4 is 11.9 Å². The molecule has 1 aromatic heterocycles. The van der Waals surface area contributed by atoms with Crippen molar-refractivity contribution in [3.63, 3.8) is 0 Å². The molecule has 0 radical (unpaired) electrons. The van der Waals surface area contributed by atoms with Crippen LogP contribution in [0.25, 0.3) is 0 Å². The van der Waals surface area contributed by atoms with Crippen molar-refractivity contribution in [1.29, 1.82) is 0 Å². The number of carbonyl (C=O) groups is 1. The number of nitrogens with one attached hydrogen (secondary N) is 1. The van der Waals surface area contributed by atoms with Crippen molar-refractivity contribution in [3.05, 3.63) is 17.0 Å². The maximum Gasteiger partial charge on any atom is 0.224 e. The van der Waals surface area contributed by atoms with Gasteiger partial charge in [0, 0.05) is 30.2 Å². The predicted molar refractivity (Wildman–Crippen MR) is 94.1 cm³/mol. The van der Waals surface area contributed by atoms with E-state index in [-0.39, 0.29) is 30.4 Å². The maximum atomic E-state index is 12.5. The van der Waals surface area contributed by atoms with E-state index in [4.69, 9.17) is 15.2 Å². The smallest absolute Gasteiger partial charge is 0.224 e. The number of nitrogens with two attached hydrogens (primary N) is 1. The van der Waals surface area contributed by atoms with Gasteiger partial charge in [-0.1, -0.05) is 6.42 Å². The van der Waals surface area contributed by atoms with E-state index in [2.05, 4.69) is 15.3 Å². The molecule has 3 N–H and O–H groups in total. The third-order valence-corrected chi connectivity index (χ3v) is 5.19. The molecule has 2 aliphatic rings. The number of hydrogen-bond acceptors (Lipinski definition) is 6. The zero-order valence-electron chi connectivity index (χ0n) is 15.1. The first kappa shape index (κ1) is 18.1. The number of aryl methyl sites for hydroxylation is 2. The largest absolute Gasteiger partial charge is 0.379 e. The normalized spacial score (nSPS) is 23.9. The number of aromatic nitrogens is 2. The molecular formula is C18H28N4O3. The molecule has 0 aromatic carbocycles. The van der Waals surface area contributed by atoms with Crippen molar-refractivity contribution in [3.8, 4) is 0 Å². The average molecular weight is 348 g/mol. The second-order valence-electron chi connectivity index (χ2n) is 7.11. The molecule has 2 atom stereocenters. The Bertz CT molecular complexity index is 595. The number of rotatable bonds is 6. The third kappa shape index (κ3) is 4.67. The van der Waals surface area contributed by atoms with Gasteiger partial charge in [0.15, 0.2) is 0 Å². The van der Waals surface area contributed by atoms with E-state index in [1.807, 2.05) is 13.8 Å². The van der Waals surface area contributed by atoms with E-state index in [1.165, 1.54) is 19.3 Å². The lowest BCUT2D eigenvalue weighted by Crippen LogP contribution is -2.51. The molecule has 7 nitrogen and oxygen atoms in total. The summed E-state index contributed by atoms with van der Waals surface area (Å²) in [6, 6.07) is -0.100. The minimum atomic E-state index is -0.100. The Labute approximate surface area is 148 Å². The topological polar surface area (TPSA) is 99.4 Å². The number of amides is 1. The highest BCUT2D eigenvalue weighted by Crippen LogP contribution is 2.27. The summed E-state index contributed by atoms with van der Waals surface area (Å²) in [5, 5.41) is 3.07. The molecule has 7 heteroatoms. The summed E-state index contributed by atoms with van der Waals surface area (Å²) in [5.41, 5.74) is 7.97. The minimum Gasteiger partial charge on any atom is -0.379 e. The van der Waals surface area contributed by atoms with E-state index in [9.17, 15) is 4.79 Å². The molecule has 2 heterocycles. The van der Waals surface area contributed by atoms with Crippen molar-refractivity contribution in [2.45, 2.75) is 58.1 Å². The summed E-state index contributed by atoms with van der Waals surface area (Å²) in [6.07, 6.45) is 4.92. The van der Waals surface area contributed by atoms with Crippen LogP contribution in [-0.2, 0) is 20.7 Å². The fraction of sp³-hybridized carbons (Fsp3) is 0.722. The lowest BCUT2D eigenvalue weighted by atomic mass is 9.86. The van der Waals surface area contributed by atoms with Crippen LogP contribution in [0.3, 0.4) is 0 Å². The van der Waals surface area contributed by atoms with Gasteiger partial charge < -0.3 is 20.5 Å². The van der Waals surface area contributed by atoms with Crippen LogP contribution in [0.15, 0.2) is 0 Å². The molecule has 1 aliphatic carbocycles. The van der Waals surface area contributed by atoms with Crippen LogP contribution in [0.1, 0.15) is 42.6 Å². The van der Waals surface area contributed by atoms with Crippen LogP contribution in [0, 0.1) is 19.8 Å². The molecule has 1 amide bonds. The van der Waals surface area contributed by atoms with Gasteiger partial charge in [0.25, 0.3) is 0 Å². The van der Waals surface area contributed by atoms with E-state index in [0.29, 0.717) is 19.1 Å². The number of carbonyl (C=O) groups excluding carboxylic acids is 1. The van der Waals surface area contributed by atoms with Gasteiger partial charge >= 0.3 is 0 Å². The number of anilines is 1. The molecule has 3 rings (SSSR count). The van der Waals surface area contributed by atoms with Gasteiger partial charge in [-0.15, -0.1) is 0 Å². The van der Waals surface area contributed by atoms with Crippen LogP contribution >= 0.6 is 0 Å². The lowest BCUT2D eigenvalue weighted by Gasteiger charge is -2.34. The molecule has 1 aliphatic heterocycles. The van der Waals surface area contributed by atoms with Crippen molar-refractivity contribution in [1.82, 2.24) is 15.3 Å². The first-order chi connectivity index (χ1) is 12.0. The van der Waals surface area contributed by atoms with Crippen molar-refractivity contribution in [2.24, 2.45) is 5.92 Å². The van der Waals surface area contributed by atoms with Crippen LogP contribution in [0.5, 0.6) is 0 Å². The Kier molecular flexibility index (Phi) is 5.86. The maximum absolute atomic E-state index is 12.5. The molecule has 1 aromatic rings. The predicted octanol–water partition coefficient (Wildman–Crippen LogP) is 1.31. The fourth-order valence-corrected chi connectivity index (χ4v) is 3.41. The molecule has 1 saturated heterocycles. The van der Waals surface area contributed by atoms with Gasteiger partial charge in [-0.3, -0.25) is 4.79 Å². The van der Waals surface area contributed by atoms with Crippen LogP contribution in [-0.4, -0.2) is 47.8 Å². The summed E-state index contributed by atoms with van der Waals surface area (Å²) < 4.78 is 11.6. The standard InChI is InChI=1S/C18H28N4O3/c1-11-14(12(2)21-18(19)20-11)8-17(23)22-15-10-24-7-6-16(15)25-9-13-4-3-5-13/h13,15-16H,3-10H2,1-2H3,(H,22,23)(H2,19,20,21)/t15-,16+/m1/s1. The van der Waals surface area contributed by atoms with Crippen LogP contribution in [0.2, 0.25) is 0 Å². The Hall–Kier alpha value is -1.73. The summed E-state index contributed by atoms with van der Waals surface area (Å²) in [4.78, 5) is 20.8. The van der Waals surface area contributed by atoms with Crippen LogP contribution in [0.4, 0.5) is 5.95 Å². The summed E-state index contributed by atoms with van der Waals surface area (Å²) in [5.74, 6) is 0.869. The van der Waals surface area contributed by atoms with Gasteiger partial charge in [0.2, 0.25) is 11.9 Å². The van der Waals surface area contributed by atoms with E-state index in [0.717, 1.165) is 30.0 Å². The van der Waals surface area contributed by atoms with Crippen molar-refractivity contribution in [2.75, 3.05) is 25.6 Å². The third-order valence-electron chi connectivity index (χ3n) is 5.19. The first-order valence-electron chi connectivity index (χ1n) is 9.11. The highest BCUT2D eigenvalue weighted by atomic mass is 16.5. The minimum absolute atomic E-state index is 0.0307. The monoisotopic (exact) mass is 348 g/mol. The molecule has 25 heavy (non-hydrogen) atoms. The SMILES string of the molecule is Cc1nc(N)nc(C)c1CC(=O)N[C@@H]1COCC[C@@H]1OCC1CCC1. The molecule has 0 spiro atoms. The zero-order valence-corrected chi connectivity index (χ0v) is 15.1. The van der Waals surface area contributed by atoms with Crippen molar-refractivity contribution < 1.29 is 14.3 Å². The highest BCUT2D eigenvalue weighted by molar-refractivity contribution is 5.79. The second kappa shape index (κ2) is 8.10. The van der Waals surface area contributed by atoms with E-state index >= 15 is 0 Å². The summed E-state index contributed by atoms with van der Waals surface area (Å²) in [6.45, 7) is 5.67. The van der Waals surface area contributed by atoms with Gasteiger partial charge in [-0.2, -0.15) is 0 Å². The number of nitrogen functional groups attached to an aromatic ring is 1. The van der Waals surface area contributed by atoms with Gasteiger partial charge in [0.05, 0.1) is 25.2 Å². The fourth-order valence-electron chi connectivity index (χ4n) is 3.41. The molecule has 2 fully saturated rings. The van der Waals surface area contributed by atoms with E-state index < -0.39 is 0 Å². The lowest BCUT2D eigenvalue weighted by molar-refractivity contribution is -0.126. The van der Waals surface area contributed by atoms with Gasteiger partial charge in [-0.05, 0) is 39.0 Å². The Morgan fingerprint density at radius 2 is 2.00 bits per heavy atom. The Morgan fingerprint density at radius 3 is 2.64 bits per heavy atom. The van der Waals surface area contributed by atoms with Crippen LogP contribution < -0.4 is 11.1 Å². The Morgan fingerprint density at radius 1 is 1.28 bits per heavy atom. The van der Waals surface area contributed by atoms with Gasteiger partial charge in [0.1, 0.15) is 0 Å². The number of hydrogen-bond donors (Lipinski definition) is 2. The second-order valence-corrected chi connectivity index (χ2v) is 7.11. The molecular weight excluding hydrogens is 320 g/mol. The molecule has 0 unspecified atom stereocenters. The molecule has 0 bridgehead atoms. The number of ether oxygens (including phenoxy) is 2. The zero-order chi connectivity index (χ0) is 17.8. The summed E-state index contributed by atoms with van der Waals surface area (Å²) in [7, 11) is 0. The molecule has 138 valence electrons. The molecule has 1 saturated carbocycles. The quantitative estimate of drug-likeness (QED) is 0.804. The number of nitrogens with zero attached hydrogens (tertiary/aromatic N) is 2. The Balaban J connectivity index is 1.56. The van der Waals surface area contributed by atoms with E-state index in [1.54, 1.807) is 0 Å².